The van der Waals surface area contributed by atoms with Gasteiger partial charge in [0.1, 0.15) is 5.68 Å². The van der Waals surface area contributed by atoms with Gasteiger partial charge in [0.2, 0.25) is 0 Å². The Morgan fingerprint density at radius 2 is 1.54 bits per heavy atom. The van der Waals surface area contributed by atoms with Gasteiger partial charge in [0, 0.05) is 0 Å². The van der Waals surface area contributed by atoms with E-state index < -0.39 is 12.7 Å². The Kier molecular flexibility index (Phi) is 5.46. The Balaban J connectivity index is 0.00000144. The summed E-state index contributed by atoms with van der Waals surface area (Å²) in [6.45, 7) is -5.39. The molecule has 0 amide bonds. The van der Waals surface area contributed by atoms with Crippen LogP contribution >= 0.6 is 0 Å². The van der Waals surface area contributed by atoms with Crippen LogP contribution in [-0.4, -0.2) is 12.7 Å². The minimum atomic E-state index is -5.39. The molecule has 0 spiro atoms. The van der Waals surface area contributed by atoms with Gasteiger partial charge in [0.25, 0.3) is 0 Å². The van der Waals surface area contributed by atoms with Crippen LogP contribution in [0.2, 0.25) is 0 Å². The van der Waals surface area contributed by atoms with E-state index in [1.54, 1.807) is 6.07 Å². The summed E-state index contributed by atoms with van der Waals surface area (Å²) >= 11 is 0. The fourth-order valence-corrected chi connectivity index (χ4v) is 0.791. The quantitative estimate of drug-likeness (QED) is 0.590. The SMILES string of the molecule is O=C(c1ccccc1)[B-](F)(F)F.[K+]. The predicted molar refractivity (Wildman–Crippen MR) is 39.9 cm³/mol. The van der Waals surface area contributed by atoms with Crippen LogP contribution in [0.3, 0.4) is 0 Å². The van der Waals surface area contributed by atoms with Crippen LogP contribution in [0.1, 0.15) is 10.4 Å². The van der Waals surface area contributed by atoms with Crippen molar-refractivity contribution in [2.75, 3.05) is 0 Å². The zero-order valence-electron chi connectivity index (χ0n) is 7.01. The zero-order valence-corrected chi connectivity index (χ0v) is 10.1. The second kappa shape index (κ2) is 5.31. The van der Waals surface area contributed by atoms with Crippen LogP contribution in [0, 0.1) is 0 Å². The van der Waals surface area contributed by atoms with Gasteiger partial charge >= 0.3 is 58.4 Å². The van der Waals surface area contributed by atoms with Crippen molar-refractivity contribution < 1.29 is 69.1 Å². The number of hydrogen-bond donors (Lipinski definition) is 0. The van der Waals surface area contributed by atoms with Gasteiger partial charge < -0.3 is 17.7 Å². The Hall–Kier alpha value is 0.381. The van der Waals surface area contributed by atoms with Crippen molar-refractivity contribution >= 4 is 12.7 Å². The largest absolute Gasteiger partial charge is 1.00 e. The molecule has 1 aromatic carbocycles. The zero-order chi connectivity index (χ0) is 9.19. The van der Waals surface area contributed by atoms with Gasteiger partial charge in [-0.15, -0.1) is 0 Å². The topological polar surface area (TPSA) is 17.1 Å². The van der Waals surface area contributed by atoms with Gasteiger partial charge in [-0.1, -0.05) is 30.3 Å². The van der Waals surface area contributed by atoms with E-state index in [9.17, 15) is 17.7 Å². The summed E-state index contributed by atoms with van der Waals surface area (Å²) in [6.07, 6.45) is 0. The molecule has 0 fully saturated rings. The van der Waals surface area contributed by atoms with E-state index in [4.69, 9.17) is 0 Å². The molecular formula is C7H5BF3KO. The first-order valence-corrected chi connectivity index (χ1v) is 3.31. The number of rotatable bonds is 2. The Morgan fingerprint density at radius 3 is 1.92 bits per heavy atom. The van der Waals surface area contributed by atoms with Crippen molar-refractivity contribution in [3.8, 4) is 0 Å². The Morgan fingerprint density at radius 1 is 1.08 bits per heavy atom. The molecule has 0 bridgehead atoms. The van der Waals surface area contributed by atoms with E-state index >= 15 is 0 Å². The maximum Gasteiger partial charge on any atom is 1.00 e. The van der Waals surface area contributed by atoms with Crippen molar-refractivity contribution in [2.45, 2.75) is 0 Å². The molecule has 0 saturated carbocycles. The number of halogens is 3. The third-order valence-corrected chi connectivity index (χ3v) is 1.36. The number of benzene rings is 1. The summed E-state index contributed by atoms with van der Waals surface area (Å²) in [7, 11) is 0. The molecule has 0 saturated heterocycles. The molecule has 0 aliphatic carbocycles. The van der Waals surface area contributed by atoms with E-state index in [-0.39, 0.29) is 56.9 Å². The summed E-state index contributed by atoms with van der Waals surface area (Å²) in [4.78, 5) is 10.6. The molecule has 13 heavy (non-hydrogen) atoms. The molecule has 0 aromatic heterocycles. The smallest absolute Gasteiger partial charge is 0.443 e. The summed E-state index contributed by atoms with van der Waals surface area (Å²) < 4.78 is 35.5. The van der Waals surface area contributed by atoms with Gasteiger partial charge in [-0.05, 0) is 5.56 Å². The molecule has 0 heterocycles. The standard InChI is InChI=1S/C7H5BF3O.K/c9-8(10,11)7(12)6-4-2-1-3-5-6;/h1-5H;/q-1;+1. The average Bonchev–Trinajstić information content (AvgIpc) is 2.03. The van der Waals surface area contributed by atoms with Gasteiger partial charge in [-0.2, -0.15) is 0 Å². The summed E-state index contributed by atoms with van der Waals surface area (Å²) in [5.41, 5.74) is -2.04. The van der Waals surface area contributed by atoms with Crippen LogP contribution < -0.4 is 51.4 Å². The van der Waals surface area contributed by atoms with Crippen LogP contribution in [0.4, 0.5) is 12.9 Å². The molecule has 0 radical (unpaired) electrons. The summed E-state index contributed by atoms with van der Waals surface area (Å²) in [5, 5.41) is 0. The van der Waals surface area contributed by atoms with E-state index in [0.29, 0.717) is 0 Å². The van der Waals surface area contributed by atoms with Crippen molar-refractivity contribution in [1.82, 2.24) is 0 Å². The molecule has 1 aromatic rings. The number of carbonyl (C=O) groups excluding carboxylic acids is 1. The minimum Gasteiger partial charge on any atom is -0.443 e. The molecule has 0 atom stereocenters. The maximum absolute atomic E-state index is 11.8. The number of carbonyl (C=O) groups is 1. The van der Waals surface area contributed by atoms with E-state index in [0.717, 1.165) is 12.1 Å². The van der Waals surface area contributed by atoms with Crippen LogP contribution in [0.25, 0.3) is 0 Å². The molecule has 64 valence electrons. The van der Waals surface area contributed by atoms with Gasteiger partial charge in [-0.25, -0.2) is 0 Å². The summed E-state index contributed by atoms with van der Waals surface area (Å²) in [5.74, 6) is 0. The molecule has 0 aliphatic rings. The molecule has 0 unspecified atom stereocenters. The second-order valence-corrected chi connectivity index (χ2v) is 2.31. The summed E-state index contributed by atoms with van der Waals surface area (Å²) in [6, 6.07) is 6.65. The first-order chi connectivity index (χ1) is 5.52. The van der Waals surface area contributed by atoms with E-state index in [1.165, 1.54) is 12.1 Å². The Labute approximate surface area is 116 Å². The minimum absolute atomic E-state index is 0. The molecule has 1 rings (SSSR count). The number of hydrogen-bond acceptors (Lipinski definition) is 1. The van der Waals surface area contributed by atoms with E-state index in [2.05, 4.69) is 0 Å². The fourth-order valence-electron chi connectivity index (χ4n) is 0.791. The normalized spacial score (nSPS) is 10.4. The predicted octanol–water partition coefficient (Wildman–Crippen LogP) is -0.740. The molecule has 0 N–H and O–H groups in total. The third kappa shape index (κ3) is 3.95. The van der Waals surface area contributed by atoms with Crippen LogP contribution in [0.5, 0.6) is 0 Å². The second-order valence-electron chi connectivity index (χ2n) is 2.31. The van der Waals surface area contributed by atoms with Crippen molar-refractivity contribution in [2.24, 2.45) is 0 Å². The Bertz CT molecular complexity index is 286. The fraction of sp³-hybridized carbons (Fsp3) is 0. The van der Waals surface area contributed by atoms with Gasteiger partial charge in [-0.3, -0.25) is 0 Å². The first-order valence-electron chi connectivity index (χ1n) is 3.31. The average molecular weight is 212 g/mol. The van der Waals surface area contributed by atoms with Crippen molar-refractivity contribution in [3.05, 3.63) is 35.9 Å². The third-order valence-electron chi connectivity index (χ3n) is 1.36. The molecule has 1 nitrogen and oxygen atoms in total. The van der Waals surface area contributed by atoms with Gasteiger partial charge in [0.05, 0.1) is 0 Å². The van der Waals surface area contributed by atoms with Crippen molar-refractivity contribution in [3.63, 3.8) is 0 Å². The molecular weight excluding hydrogens is 207 g/mol. The van der Waals surface area contributed by atoms with Crippen molar-refractivity contribution in [1.29, 1.82) is 0 Å². The molecule has 0 aliphatic heterocycles. The monoisotopic (exact) mass is 212 g/mol. The van der Waals surface area contributed by atoms with Crippen LogP contribution in [-0.2, 0) is 0 Å². The van der Waals surface area contributed by atoms with Crippen LogP contribution in [0.15, 0.2) is 30.3 Å². The van der Waals surface area contributed by atoms with Gasteiger partial charge in [0.15, 0.2) is 0 Å². The first kappa shape index (κ1) is 13.4. The van der Waals surface area contributed by atoms with E-state index in [1.807, 2.05) is 0 Å². The maximum atomic E-state index is 11.8. The molecule has 6 heteroatoms.